The van der Waals surface area contributed by atoms with Crippen LogP contribution >= 0.6 is 23.2 Å². The Bertz CT molecular complexity index is 618. The average molecular weight is 310 g/mol. The maximum atomic E-state index is 6.23. The molecule has 0 saturated heterocycles. The van der Waals surface area contributed by atoms with Crippen LogP contribution in [0.25, 0.3) is 0 Å². The van der Waals surface area contributed by atoms with E-state index in [1.54, 1.807) is 6.07 Å². The van der Waals surface area contributed by atoms with Crippen LogP contribution in [0.15, 0.2) is 24.4 Å². The summed E-state index contributed by atoms with van der Waals surface area (Å²) >= 11 is 12.3. The highest BCUT2D eigenvalue weighted by Gasteiger charge is 2.20. The molecule has 3 nitrogen and oxygen atoms in total. The second-order valence-corrected chi connectivity index (χ2v) is 6.07. The summed E-state index contributed by atoms with van der Waals surface area (Å²) in [5.74, 6) is 0. The summed E-state index contributed by atoms with van der Waals surface area (Å²) < 4.78 is 1.97. The van der Waals surface area contributed by atoms with E-state index in [0.29, 0.717) is 22.6 Å². The number of nitrogens with one attached hydrogen (secondary N) is 1. The van der Waals surface area contributed by atoms with E-state index in [4.69, 9.17) is 23.2 Å². The van der Waals surface area contributed by atoms with Crippen LogP contribution in [-0.4, -0.2) is 15.8 Å². The molecule has 0 unspecified atom stereocenters. The Labute approximate surface area is 128 Å². The minimum absolute atomic E-state index is 0.588. The lowest BCUT2D eigenvalue weighted by molar-refractivity contribution is 0.654. The fraction of sp³-hybridized carbons (Fsp3) is 0.400. The van der Waals surface area contributed by atoms with Crippen LogP contribution in [-0.2, 0) is 13.1 Å². The van der Waals surface area contributed by atoms with E-state index >= 15 is 0 Å². The lowest BCUT2D eigenvalue weighted by atomic mass is 10.2. The van der Waals surface area contributed by atoms with Crippen LogP contribution in [0.5, 0.6) is 0 Å². The second-order valence-electron chi connectivity index (χ2n) is 5.28. The fourth-order valence-electron chi connectivity index (χ4n) is 2.19. The van der Waals surface area contributed by atoms with E-state index in [2.05, 4.69) is 17.3 Å². The summed E-state index contributed by atoms with van der Waals surface area (Å²) in [6, 6.07) is 6.41. The van der Waals surface area contributed by atoms with Gasteiger partial charge in [-0.3, -0.25) is 4.68 Å². The molecular formula is C15H17Cl2N3. The second kappa shape index (κ2) is 5.76. The topological polar surface area (TPSA) is 29.9 Å². The van der Waals surface area contributed by atoms with Crippen LogP contribution in [0, 0.1) is 6.92 Å². The molecule has 0 atom stereocenters. The molecule has 1 aromatic heterocycles. The molecule has 2 aromatic rings. The normalized spacial score (nSPS) is 14.8. The molecule has 0 aliphatic heterocycles. The number of aromatic nitrogens is 2. The van der Waals surface area contributed by atoms with Crippen LogP contribution in [0.4, 0.5) is 0 Å². The molecule has 1 heterocycles. The first-order valence-electron chi connectivity index (χ1n) is 6.82. The molecular weight excluding hydrogens is 293 g/mol. The van der Waals surface area contributed by atoms with Crippen molar-refractivity contribution in [2.45, 2.75) is 38.9 Å². The molecule has 1 fully saturated rings. The van der Waals surface area contributed by atoms with Crippen LogP contribution in [0.1, 0.15) is 29.7 Å². The zero-order valence-corrected chi connectivity index (χ0v) is 12.9. The van der Waals surface area contributed by atoms with Crippen molar-refractivity contribution in [2.24, 2.45) is 0 Å². The maximum Gasteiger partial charge on any atom is 0.0677 e. The Hall–Kier alpha value is -1.03. The fourth-order valence-corrected chi connectivity index (χ4v) is 2.57. The van der Waals surface area contributed by atoms with E-state index in [9.17, 15) is 0 Å². The summed E-state index contributed by atoms with van der Waals surface area (Å²) in [4.78, 5) is 0. The number of hydrogen-bond donors (Lipinski definition) is 1. The number of benzene rings is 1. The monoisotopic (exact) mass is 309 g/mol. The number of nitrogens with zero attached hydrogens (tertiary/aromatic N) is 2. The van der Waals surface area contributed by atoms with Crippen molar-refractivity contribution >= 4 is 23.2 Å². The quantitative estimate of drug-likeness (QED) is 0.910. The molecule has 5 heteroatoms. The Balaban J connectivity index is 1.75. The van der Waals surface area contributed by atoms with Crippen LogP contribution in [0.2, 0.25) is 10.0 Å². The Morgan fingerprint density at radius 1 is 1.30 bits per heavy atom. The Morgan fingerprint density at radius 3 is 2.85 bits per heavy atom. The third kappa shape index (κ3) is 3.00. The van der Waals surface area contributed by atoms with Crippen molar-refractivity contribution in [1.82, 2.24) is 15.1 Å². The van der Waals surface area contributed by atoms with Gasteiger partial charge in [0.15, 0.2) is 0 Å². The van der Waals surface area contributed by atoms with Gasteiger partial charge in [-0.05, 0) is 31.4 Å². The van der Waals surface area contributed by atoms with Gasteiger partial charge in [0.1, 0.15) is 0 Å². The number of hydrogen-bond acceptors (Lipinski definition) is 2. The smallest absolute Gasteiger partial charge is 0.0677 e. The van der Waals surface area contributed by atoms with Crippen molar-refractivity contribution in [2.75, 3.05) is 0 Å². The summed E-state index contributed by atoms with van der Waals surface area (Å²) in [6.07, 6.45) is 4.53. The predicted molar refractivity (Wildman–Crippen MR) is 82.4 cm³/mol. The van der Waals surface area contributed by atoms with E-state index in [1.165, 1.54) is 24.1 Å². The van der Waals surface area contributed by atoms with Crippen molar-refractivity contribution in [3.05, 3.63) is 51.3 Å². The molecule has 1 aliphatic rings. The zero-order valence-electron chi connectivity index (χ0n) is 11.4. The molecule has 1 aliphatic carbocycles. The van der Waals surface area contributed by atoms with Gasteiger partial charge in [-0.15, -0.1) is 0 Å². The summed E-state index contributed by atoms with van der Waals surface area (Å²) in [6.45, 7) is 3.63. The largest absolute Gasteiger partial charge is 0.310 e. The Kier molecular flexibility index (Phi) is 4.01. The lowest BCUT2D eigenvalue weighted by Gasteiger charge is -2.09. The van der Waals surface area contributed by atoms with Crippen molar-refractivity contribution in [1.29, 1.82) is 0 Å². The first kappa shape index (κ1) is 13.9. The van der Waals surface area contributed by atoms with E-state index in [0.717, 1.165) is 12.1 Å². The molecule has 1 N–H and O–H groups in total. The molecule has 0 spiro atoms. The van der Waals surface area contributed by atoms with Gasteiger partial charge in [-0.25, -0.2) is 0 Å². The standard InChI is InChI=1S/C15H17Cl2N3/c1-10-12(7-18-13-5-6-13)8-19-20(10)9-11-3-2-4-14(16)15(11)17/h2-4,8,13,18H,5-7,9H2,1H3. The molecule has 3 rings (SSSR count). The van der Waals surface area contributed by atoms with Gasteiger partial charge < -0.3 is 5.32 Å². The van der Waals surface area contributed by atoms with Crippen LogP contribution in [0.3, 0.4) is 0 Å². The zero-order chi connectivity index (χ0) is 14.1. The molecule has 0 radical (unpaired) electrons. The Morgan fingerprint density at radius 2 is 2.10 bits per heavy atom. The first-order valence-corrected chi connectivity index (χ1v) is 7.58. The average Bonchev–Trinajstić information content (AvgIpc) is 3.20. The van der Waals surface area contributed by atoms with Gasteiger partial charge in [0.25, 0.3) is 0 Å². The van der Waals surface area contributed by atoms with Crippen LogP contribution < -0.4 is 5.32 Å². The number of rotatable bonds is 5. The van der Waals surface area contributed by atoms with Gasteiger partial charge in [-0.2, -0.15) is 5.10 Å². The molecule has 0 bridgehead atoms. The molecule has 1 aromatic carbocycles. The molecule has 1 saturated carbocycles. The summed E-state index contributed by atoms with van der Waals surface area (Å²) in [5, 5.41) is 9.17. The summed E-state index contributed by atoms with van der Waals surface area (Å²) in [5.41, 5.74) is 3.41. The lowest BCUT2D eigenvalue weighted by Crippen LogP contribution is -2.16. The van der Waals surface area contributed by atoms with Gasteiger partial charge >= 0.3 is 0 Å². The first-order chi connectivity index (χ1) is 9.65. The molecule has 20 heavy (non-hydrogen) atoms. The minimum Gasteiger partial charge on any atom is -0.310 e. The minimum atomic E-state index is 0.588. The predicted octanol–water partition coefficient (Wildman–Crippen LogP) is 3.80. The third-order valence-corrected chi connectivity index (χ3v) is 4.57. The van der Waals surface area contributed by atoms with Crippen molar-refractivity contribution in [3.63, 3.8) is 0 Å². The highest BCUT2D eigenvalue weighted by Crippen LogP contribution is 2.26. The van der Waals surface area contributed by atoms with Gasteiger partial charge in [0.05, 0.1) is 22.8 Å². The van der Waals surface area contributed by atoms with Crippen molar-refractivity contribution in [3.8, 4) is 0 Å². The highest BCUT2D eigenvalue weighted by atomic mass is 35.5. The summed E-state index contributed by atoms with van der Waals surface area (Å²) in [7, 11) is 0. The van der Waals surface area contributed by atoms with Gasteiger partial charge in [0, 0.05) is 23.8 Å². The highest BCUT2D eigenvalue weighted by molar-refractivity contribution is 6.42. The third-order valence-electron chi connectivity index (χ3n) is 3.72. The van der Waals surface area contributed by atoms with E-state index in [1.807, 2.05) is 23.0 Å². The van der Waals surface area contributed by atoms with Crippen molar-refractivity contribution < 1.29 is 0 Å². The van der Waals surface area contributed by atoms with E-state index in [-0.39, 0.29) is 0 Å². The molecule has 0 amide bonds. The van der Waals surface area contributed by atoms with E-state index < -0.39 is 0 Å². The van der Waals surface area contributed by atoms with Gasteiger partial charge in [0.2, 0.25) is 0 Å². The maximum absolute atomic E-state index is 6.23. The van der Waals surface area contributed by atoms with Gasteiger partial charge in [-0.1, -0.05) is 35.3 Å². The number of halogens is 2. The molecule has 106 valence electrons. The SMILES string of the molecule is Cc1c(CNC2CC2)cnn1Cc1cccc(Cl)c1Cl.